The number of carbonyl (C=O) groups is 1. The molecule has 1 unspecified atom stereocenters. The highest BCUT2D eigenvalue weighted by molar-refractivity contribution is 5.86. The van der Waals surface area contributed by atoms with Crippen molar-refractivity contribution in [1.82, 2.24) is 4.90 Å². The van der Waals surface area contributed by atoms with Crippen LogP contribution in [0.1, 0.15) is 17.0 Å². The first-order valence-corrected chi connectivity index (χ1v) is 6.56. The molecule has 2 aromatic carbocycles. The summed E-state index contributed by atoms with van der Waals surface area (Å²) >= 11 is 0. The summed E-state index contributed by atoms with van der Waals surface area (Å²) in [5, 5.41) is 9.25. The molecule has 0 N–H and O–H groups in total. The normalized spacial score (nSPS) is 11.5. The zero-order valence-corrected chi connectivity index (χ0v) is 11.7. The van der Waals surface area contributed by atoms with Crippen LogP contribution in [0.4, 0.5) is 4.39 Å². The molecular formula is C17H15FN2O. The van der Waals surface area contributed by atoms with Crippen LogP contribution >= 0.6 is 0 Å². The van der Waals surface area contributed by atoms with Crippen LogP contribution in [0.15, 0.2) is 54.6 Å². The van der Waals surface area contributed by atoms with Crippen molar-refractivity contribution in [3.8, 4) is 6.07 Å². The first-order chi connectivity index (χ1) is 10.1. The second-order valence-corrected chi connectivity index (χ2v) is 4.76. The topological polar surface area (TPSA) is 44.1 Å². The number of benzene rings is 2. The fraction of sp³-hybridized carbons (Fsp3) is 0.176. The van der Waals surface area contributed by atoms with Crippen molar-refractivity contribution in [2.24, 2.45) is 0 Å². The molecule has 1 amide bonds. The maximum atomic E-state index is 13.6. The van der Waals surface area contributed by atoms with Crippen molar-refractivity contribution in [2.75, 3.05) is 7.05 Å². The van der Waals surface area contributed by atoms with Crippen LogP contribution in [-0.4, -0.2) is 17.9 Å². The SMILES string of the molecule is CN(Cc1ccccc1F)C(=O)C(C#N)c1ccccc1. The van der Waals surface area contributed by atoms with Gasteiger partial charge in [-0.25, -0.2) is 4.39 Å². The molecule has 21 heavy (non-hydrogen) atoms. The Balaban J connectivity index is 2.15. The minimum Gasteiger partial charge on any atom is -0.340 e. The van der Waals surface area contributed by atoms with Gasteiger partial charge in [0.05, 0.1) is 6.07 Å². The van der Waals surface area contributed by atoms with E-state index in [2.05, 4.69) is 0 Å². The maximum Gasteiger partial charge on any atom is 0.244 e. The standard InChI is InChI=1S/C17H15FN2O/c1-20(12-14-9-5-6-10-16(14)18)17(21)15(11-19)13-7-3-2-4-8-13/h2-10,15H,12H2,1H3. The smallest absolute Gasteiger partial charge is 0.244 e. The lowest BCUT2D eigenvalue weighted by Crippen LogP contribution is -2.31. The van der Waals surface area contributed by atoms with E-state index in [0.29, 0.717) is 11.1 Å². The molecule has 0 heterocycles. The average molecular weight is 282 g/mol. The third kappa shape index (κ3) is 3.46. The summed E-state index contributed by atoms with van der Waals surface area (Å²) in [7, 11) is 1.57. The number of hydrogen-bond donors (Lipinski definition) is 0. The van der Waals surface area contributed by atoms with Gasteiger partial charge in [0.25, 0.3) is 0 Å². The van der Waals surface area contributed by atoms with Gasteiger partial charge in [0, 0.05) is 19.2 Å². The zero-order chi connectivity index (χ0) is 15.2. The molecule has 2 aromatic rings. The second kappa shape index (κ2) is 6.67. The van der Waals surface area contributed by atoms with Crippen molar-refractivity contribution >= 4 is 5.91 Å². The highest BCUT2D eigenvalue weighted by Gasteiger charge is 2.23. The molecular weight excluding hydrogens is 267 g/mol. The Kier molecular flexibility index (Phi) is 4.68. The van der Waals surface area contributed by atoms with E-state index in [9.17, 15) is 14.4 Å². The lowest BCUT2D eigenvalue weighted by atomic mass is 9.99. The largest absolute Gasteiger partial charge is 0.340 e. The van der Waals surface area contributed by atoms with Gasteiger partial charge in [0.15, 0.2) is 0 Å². The van der Waals surface area contributed by atoms with E-state index in [1.54, 1.807) is 49.5 Å². The monoisotopic (exact) mass is 282 g/mol. The molecule has 0 saturated heterocycles. The first-order valence-electron chi connectivity index (χ1n) is 6.56. The predicted octanol–water partition coefficient (Wildman–Crippen LogP) is 3.09. The van der Waals surface area contributed by atoms with E-state index in [0.717, 1.165) is 0 Å². The summed E-state index contributed by atoms with van der Waals surface area (Å²) < 4.78 is 13.6. The Bertz CT molecular complexity index is 664. The van der Waals surface area contributed by atoms with Gasteiger partial charge in [-0.3, -0.25) is 4.79 Å². The molecule has 0 aliphatic heterocycles. The first kappa shape index (κ1) is 14.7. The molecule has 2 rings (SSSR count). The van der Waals surface area contributed by atoms with Gasteiger partial charge in [0.1, 0.15) is 11.7 Å². The summed E-state index contributed by atoms with van der Waals surface area (Å²) in [5.74, 6) is -1.57. The van der Waals surface area contributed by atoms with Crippen LogP contribution in [0.3, 0.4) is 0 Å². The highest BCUT2D eigenvalue weighted by Crippen LogP contribution is 2.18. The number of halogens is 1. The van der Waals surface area contributed by atoms with Crippen LogP contribution < -0.4 is 0 Å². The number of likely N-dealkylation sites (N-methyl/N-ethyl adjacent to an activating group) is 1. The Morgan fingerprint density at radius 3 is 2.43 bits per heavy atom. The number of rotatable bonds is 4. The van der Waals surface area contributed by atoms with Gasteiger partial charge in [-0.15, -0.1) is 0 Å². The summed E-state index contributed by atoms with van der Waals surface area (Å²) in [6.07, 6.45) is 0. The maximum absolute atomic E-state index is 13.6. The van der Waals surface area contributed by atoms with E-state index in [4.69, 9.17) is 0 Å². The van der Waals surface area contributed by atoms with Crippen LogP contribution in [0.2, 0.25) is 0 Å². The molecule has 106 valence electrons. The lowest BCUT2D eigenvalue weighted by Gasteiger charge is -2.20. The van der Waals surface area contributed by atoms with Crippen molar-refractivity contribution in [3.63, 3.8) is 0 Å². The van der Waals surface area contributed by atoms with Crippen LogP contribution in [0.25, 0.3) is 0 Å². The summed E-state index contributed by atoms with van der Waals surface area (Å²) in [4.78, 5) is 13.7. The fourth-order valence-corrected chi connectivity index (χ4v) is 2.10. The molecule has 0 aromatic heterocycles. The minimum absolute atomic E-state index is 0.135. The molecule has 0 aliphatic rings. The van der Waals surface area contributed by atoms with Gasteiger partial charge in [0.2, 0.25) is 5.91 Å². The molecule has 0 fully saturated rings. The van der Waals surface area contributed by atoms with Gasteiger partial charge >= 0.3 is 0 Å². The number of nitrogens with zero attached hydrogens (tertiary/aromatic N) is 2. The molecule has 1 atom stereocenters. The van der Waals surface area contributed by atoms with Crippen LogP contribution in [0.5, 0.6) is 0 Å². The fourth-order valence-electron chi connectivity index (χ4n) is 2.10. The van der Waals surface area contributed by atoms with E-state index in [1.807, 2.05) is 12.1 Å². The van der Waals surface area contributed by atoms with Crippen molar-refractivity contribution in [1.29, 1.82) is 5.26 Å². The van der Waals surface area contributed by atoms with Crippen LogP contribution in [-0.2, 0) is 11.3 Å². The van der Waals surface area contributed by atoms with Crippen molar-refractivity contribution in [2.45, 2.75) is 12.5 Å². The molecule has 0 radical (unpaired) electrons. The van der Waals surface area contributed by atoms with Crippen molar-refractivity contribution in [3.05, 3.63) is 71.5 Å². The zero-order valence-electron chi connectivity index (χ0n) is 11.7. The van der Waals surface area contributed by atoms with Crippen LogP contribution in [0, 0.1) is 17.1 Å². The third-order valence-corrected chi connectivity index (χ3v) is 3.25. The number of nitriles is 1. The lowest BCUT2D eigenvalue weighted by molar-refractivity contribution is -0.130. The van der Waals surface area contributed by atoms with Gasteiger partial charge < -0.3 is 4.90 Å². The summed E-state index contributed by atoms with van der Waals surface area (Å²) in [5.41, 5.74) is 1.07. The van der Waals surface area contributed by atoms with E-state index < -0.39 is 5.92 Å². The Morgan fingerprint density at radius 2 is 1.81 bits per heavy atom. The highest BCUT2D eigenvalue weighted by atomic mass is 19.1. The average Bonchev–Trinajstić information content (AvgIpc) is 2.51. The minimum atomic E-state index is -0.872. The Morgan fingerprint density at radius 1 is 1.19 bits per heavy atom. The molecule has 0 spiro atoms. The van der Waals surface area contributed by atoms with Gasteiger partial charge in [-0.2, -0.15) is 5.26 Å². The predicted molar refractivity (Wildman–Crippen MR) is 77.7 cm³/mol. The molecule has 4 heteroatoms. The second-order valence-electron chi connectivity index (χ2n) is 4.76. The third-order valence-electron chi connectivity index (χ3n) is 3.25. The Hall–Kier alpha value is -2.67. The molecule has 3 nitrogen and oxygen atoms in total. The van der Waals surface area contributed by atoms with E-state index in [-0.39, 0.29) is 18.3 Å². The van der Waals surface area contributed by atoms with Crippen molar-refractivity contribution < 1.29 is 9.18 Å². The molecule has 0 aliphatic carbocycles. The molecule has 0 bridgehead atoms. The summed E-state index contributed by atoms with van der Waals surface area (Å²) in [6.45, 7) is 0.135. The summed E-state index contributed by atoms with van der Waals surface area (Å²) in [6, 6.07) is 17.2. The van der Waals surface area contributed by atoms with Gasteiger partial charge in [-0.1, -0.05) is 48.5 Å². The number of hydrogen-bond acceptors (Lipinski definition) is 2. The quantitative estimate of drug-likeness (QED) is 0.865. The number of amides is 1. The van der Waals surface area contributed by atoms with Gasteiger partial charge in [-0.05, 0) is 11.6 Å². The number of carbonyl (C=O) groups excluding carboxylic acids is 1. The van der Waals surface area contributed by atoms with E-state index in [1.165, 1.54) is 11.0 Å². The Labute approximate surface area is 123 Å². The van der Waals surface area contributed by atoms with E-state index >= 15 is 0 Å². The molecule has 0 saturated carbocycles.